The Kier molecular flexibility index (Phi) is 2.05. The number of piperidine rings is 1. The minimum absolute atomic E-state index is 0.708. The molecule has 3 rings (SSSR count). The highest BCUT2D eigenvalue weighted by Gasteiger charge is 2.34. The molecule has 1 aromatic heterocycles. The van der Waals surface area contributed by atoms with Crippen LogP contribution < -0.4 is 5.32 Å². The third-order valence-electron chi connectivity index (χ3n) is 3.81. The van der Waals surface area contributed by atoms with Gasteiger partial charge >= 0.3 is 0 Å². The van der Waals surface area contributed by atoms with Crippen LogP contribution in [0.1, 0.15) is 37.2 Å². The molecule has 3 unspecified atom stereocenters. The zero-order chi connectivity index (χ0) is 9.38. The van der Waals surface area contributed by atoms with Crippen LogP contribution in [0.15, 0.2) is 17.0 Å². The molecule has 3 heteroatoms. The summed E-state index contributed by atoms with van der Waals surface area (Å²) in [6, 6.07) is 0.782. The van der Waals surface area contributed by atoms with Gasteiger partial charge in [-0.25, -0.2) is 0 Å². The molecule has 14 heavy (non-hydrogen) atoms. The zero-order valence-corrected chi connectivity index (χ0v) is 8.28. The molecular formula is C11H16N2O. The maximum Gasteiger partial charge on any atom is 0.127 e. The van der Waals surface area contributed by atoms with E-state index < -0.39 is 0 Å². The van der Waals surface area contributed by atoms with Crippen molar-refractivity contribution in [2.45, 2.75) is 37.6 Å². The lowest BCUT2D eigenvalue weighted by Gasteiger charge is -2.40. The number of hydrogen-bond acceptors (Lipinski definition) is 3. The molecule has 0 radical (unpaired) electrons. The fourth-order valence-corrected chi connectivity index (χ4v) is 3.08. The van der Waals surface area contributed by atoms with Gasteiger partial charge in [0.25, 0.3) is 0 Å². The second-order valence-corrected chi connectivity index (χ2v) is 4.58. The summed E-state index contributed by atoms with van der Waals surface area (Å²) in [7, 11) is 0. The van der Waals surface area contributed by atoms with Gasteiger partial charge in [0.2, 0.25) is 0 Å². The van der Waals surface area contributed by atoms with Crippen LogP contribution in [-0.4, -0.2) is 17.7 Å². The number of nitrogens with zero attached hydrogens (tertiary/aromatic N) is 1. The van der Waals surface area contributed by atoms with E-state index in [4.69, 9.17) is 4.52 Å². The van der Waals surface area contributed by atoms with Gasteiger partial charge in [-0.3, -0.25) is 0 Å². The summed E-state index contributed by atoms with van der Waals surface area (Å²) < 4.78 is 4.94. The molecule has 0 spiro atoms. The van der Waals surface area contributed by atoms with Crippen molar-refractivity contribution in [3.05, 3.63) is 18.0 Å². The van der Waals surface area contributed by atoms with E-state index in [0.29, 0.717) is 5.92 Å². The number of aromatic nitrogens is 1. The molecule has 1 saturated heterocycles. The first kappa shape index (κ1) is 8.48. The first-order valence-corrected chi connectivity index (χ1v) is 5.56. The maximum atomic E-state index is 4.94. The Morgan fingerprint density at radius 2 is 2.36 bits per heavy atom. The van der Waals surface area contributed by atoms with E-state index in [1.807, 2.05) is 12.5 Å². The summed E-state index contributed by atoms with van der Waals surface area (Å²) in [6.07, 6.45) is 8.98. The molecule has 2 fully saturated rings. The van der Waals surface area contributed by atoms with Gasteiger partial charge in [-0.05, 0) is 44.1 Å². The summed E-state index contributed by atoms with van der Waals surface area (Å²) in [5.41, 5.74) is 1.32. The Morgan fingerprint density at radius 1 is 1.36 bits per heavy atom. The molecule has 0 aromatic carbocycles. The van der Waals surface area contributed by atoms with Crippen LogP contribution in [0.3, 0.4) is 0 Å². The Morgan fingerprint density at radius 3 is 3.21 bits per heavy atom. The van der Waals surface area contributed by atoms with Crippen molar-refractivity contribution in [2.75, 3.05) is 6.54 Å². The van der Waals surface area contributed by atoms with Crippen molar-refractivity contribution in [2.24, 2.45) is 5.92 Å². The minimum atomic E-state index is 0.708. The van der Waals surface area contributed by atoms with Crippen molar-refractivity contribution in [1.82, 2.24) is 10.5 Å². The molecule has 76 valence electrons. The van der Waals surface area contributed by atoms with E-state index >= 15 is 0 Å². The summed E-state index contributed by atoms with van der Waals surface area (Å²) in [5, 5.41) is 7.39. The van der Waals surface area contributed by atoms with Crippen molar-refractivity contribution < 1.29 is 4.52 Å². The van der Waals surface area contributed by atoms with Gasteiger partial charge in [-0.15, -0.1) is 0 Å². The Hall–Kier alpha value is -0.830. The number of hydrogen-bond donors (Lipinski definition) is 1. The molecule has 2 bridgehead atoms. The van der Waals surface area contributed by atoms with E-state index in [9.17, 15) is 0 Å². The van der Waals surface area contributed by atoms with Crippen molar-refractivity contribution >= 4 is 0 Å². The first-order chi connectivity index (χ1) is 6.93. The molecule has 3 nitrogen and oxygen atoms in total. The molecule has 1 saturated carbocycles. The van der Waals surface area contributed by atoms with Crippen LogP contribution in [-0.2, 0) is 0 Å². The largest absolute Gasteiger partial charge is 0.364 e. The molecule has 2 heterocycles. The lowest BCUT2D eigenvalue weighted by atomic mass is 9.71. The average Bonchev–Trinajstić information content (AvgIpc) is 2.71. The fraction of sp³-hybridized carbons (Fsp3) is 0.727. The van der Waals surface area contributed by atoms with Gasteiger partial charge < -0.3 is 9.84 Å². The zero-order valence-electron chi connectivity index (χ0n) is 8.28. The van der Waals surface area contributed by atoms with Crippen LogP contribution >= 0.6 is 0 Å². The van der Waals surface area contributed by atoms with Crippen LogP contribution in [0.5, 0.6) is 0 Å². The van der Waals surface area contributed by atoms with Gasteiger partial charge in [-0.2, -0.15) is 0 Å². The van der Waals surface area contributed by atoms with Crippen LogP contribution in [0.25, 0.3) is 0 Å². The molecule has 1 aromatic rings. The van der Waals surface area contributed by atoms with E-state index in [1.54, 1.807) is 0 Å². The molecule has 1 aliphatic carbocycles. The Bertz CT molecular complexity index is 296. The van der Waals surface area contributed by atoms with Crippen molar-refractivity contribution in [3.8, 4) is 0 Å². The lowest BCUT2D eigenvalue weighted by Crippen LogP contribution is -2.43. The minimum Gasteiger partial charge on any atom is -0.364 e. The number of rotatable bonds is 1. The second kappa shape index (κ2) is 3.39. The molecule has 3 atom stereocenters. The SMILES string of the molecule is c1nocc1C1CCC2CC1CCN2. The summed E-state index contributed by atoms with van der Waals surface area (Å²) in [4.78, 5) is 0. The summed E-state index contributed by atoms with van der Waals surface area (Å²) in [6.45, 7) is 1.19. The topological polar surface area (TPSA) is 38.1 Å². The van der Waals surface area contributed by atoms with Gasteiger partial charge in [0.1, 0.15) is 6.26 Å². The maximum absolute atomic E-state index is 4.94. The predicted molar refractivity (Wildman–Crippen MR) is 53.0 cm³/mol. The predicted octanol–water partition coefficient (Wildman–Crippen LogP) is 1.92. The van der Waals surface area contributed by atoms with E-state index in [2.05, 4.69) is 10.5 Å². The number of fused-ring (bicyclic) bond motifs is 2. The lowest BCUT2D eigenvalue weighted by molar-refractivity contribution is 0.194. The van der Waals surface area contributed by atoms with Gasteiger partial charge in [0.05, 0.1) is 6.20 Å². The van der Waals surface area contributed by atoms with E-state index in [0.717, 1.165) is 12.0 Å². The quantitative estimate of drug-likeness (QED) is 0.738. The third-order valence-corrected chi connectivity index (χ3v) is 3.81. The molecular weight excluding hydrogens is 176 g/mol. The van der Waals surface area contributed by atoms with Crippen LogP contribution in [0.4, 0.5) is 0 Å². The number of nitrogens with one attached hydrogen (secondary N) is 1. The summed E-state index contributed by atoms with van der Waals surface area (Å²) in [5.74, 6) is 1.56. The van der Waals surface area contributed by atoms with E-state index in [-0.39, 0.29) is 0 Å². The van der Waals surface area contributed by atoms with Gasteiger partial charge in [0, 0.05) is 11.6 Å². The van der Waals surface area contributed by atoms with Gasteiger partial charge in [0.15, 0.2) is 0 Å². The van der Waals surface area contributed by atoms with Crippen molar-refractivity contribution in [1.29, 1.82) is 0 Å². The van der Waals surface area contributed by atoms with E-state index in [1.165, 1.54) is 37.8 Å². The normalized spacial score (nSPS) is 37.0. The van der Waals surface area contributed by atoms with Gasteiger partial charge in [-0.1, -0.05) is 5.16 Å². The molecule has 1 N–H and O–H groups in total. The standard InChI is InChI=1S/C11H16N2O/c1-2-11(9-6-13-14-7-9)8-3-4-12-10(1)5-8/h6-8,10-12H,1-5H2. The molecule has 1 aliphatic heterocycles. The third kappa shape index (κ3) is 1.36. The highest BCUT2D eigenvalue weighted by molar-refractivity contribution is 5.13. The highest BCUT2D eigenvalue weighted by Crippen LogP contribution is 2.41. The Balaban J connectivity index is 1.80. The highest BCUT2D eigenvalue weighted by atomic mass is 16.5. The fourth-order valence-electron chi connectivity index (χ4n) is 3.08. The monoisotopic (exact) mass is 192 g/mol. The first-order valence-electron chi connectivity index (χ1n) is 5.56. The second-order valence-electron chi connectivity index (χ2n) is 4.58. The summed E-state index contributed by atoms with van der Waals surface area (Å²) >= 11 is 0. The average molecular weight is 192 g/mol. The Labute approximate surface area is 83.9 Å². The van der Waals surface area contributed by atoms with Crippen molar-refractivity contribution in [3.63, 3.8) is 0 Å². The van der Waals surface area contributed by atoms with Crippen LogP contribution in [0.2, 0.25) is 0 Å². The molecule has 0 amide bonds. The van der Waals surface area contributed by atoms with Crippen LogP contribution in [0, 0.1) is 5.92 Å². The smallest absolute Gasteiger partial charge is 0.127 e. The molecule has 2 aliphatic rings.